The first-order valence-electron chi connectivity index (χ1n) is 8.15. The van der Waals surface area contributed by atoms with Crippen molar-refractivity contribution in [2.75, 3.05) is 11.9 Å². The van der Waals surface area contributed by atoms with Crippen LogP contribution in [0, 0.1) is 0 Å². The molecule has 0 atom stereocenters. The molecule has 2 aromatic heterocycles. The van der Waals surface area contributed by atoms with Gasteiger partial charge in [0, 0.05) is 16.8 Å². The van der Waals surface area contributed by atoms with Gasteiger partial charge in [-0.2, -0.15) is 9.61 Å². The highest BCUT2D eigenvalue weighted by Crippen LogP contribution is 2.28. The molecule has 0 saturated carbocycles. The van der Waals surface area contributed by atoms with E-state index in [0.29, 0.717) is 23.6 Å². The predicted octanol–water partition coefficient (Wildman–Crippen LogP) is 4.27. The lowest BCUT2D eigenvalue weighted by molar-refractivity contribution is 0.102. The highest BCUT2D eigenvalue weighted by atomic mass is 79.9. The van der Waals surface area contributed by atoms with E-state index in [9.17, 15) is 4.79 Å². The lowest BCUT2D eigenvalue weighted by Gasteiger charge is -2.09. The smallest absolute Gasteiger partial charge is 0.255 e. The van der Waals surface area contributed by atoms with Crippen molar-refractivity contribution in [3.63, 3.8) is 0 Å². The van der Waals surface area contributed by atoms with E-state index in [2.05, 4.69) is 36.5 Å². The number of carbonyl (C=O) groups is 1. The third-order valence-corrected chi connectivity index (χ3v) is 5.33. The van der Waals surface area contributed by atoms with Crippen LogP contribution in [0.25, 0.3) is 15.5 Å². The van der Waals surface area contributed by atoms with E-state index in [1.807, 2.05) is 31.2 Å². The molecule has 1 N–H and O–H groups in total. The minimum atomic E-state index is -0.200. The lowest BCUT2D eigenvalue weighted by atomic mass is 10.1. The van der Waals surface area contributed by atoms with Gasteiger partial charge in [0.1, 0.15) is 17.1 Å². The molecule has 7 nitrogen and oxygen atoms in total. The quantitative estimate of drug-likeness (QED) is 0.498. The number of carbonyl (C=O) groups excluding carboxylic acids is 1. The average Bonchev–Trinajstić information content (AvgIpc) is 3.26. The fourth-order valence-corrected chi connectivity index (χ4v) is 3.83. The van der Waals surface area contributed by atoms with Crippen LogP contribution in [0.15, 0.2) is 53.3 Å². The van der Waals surface area contributed by atoms with Gasteiger partial charge in [0.15, 0.2) is 0 Å². The van der Waals surface area contributed by atoms with Crippen molar-refractivity contribution in [2.24, 2.45) is 0 Å². The maximum absolute atomic E-state index is 12.6. The van der Waals surface area contributed by atoms with Gasteiger partial charge >= 0.3 is 0 Å². The van der Waals surface area contributed by atoms with Crippen LogP contribution in [0.1, 0.15) is 17.3 Å². The molecule has 4 rings (SSSR count). The summed E-state index contributed by atoms with van der Waals surface area (Å²) in [6.45, 7) is 2.48. The SMILES string of the molecule is CCOc1ccc(C(=O)Nc2cccc(-c3nn4cnnc4s3)c2)cc1Br. The molecule has 0 radical (unpaired) electrons. The first-order valence-corrected chi connectivity index (χ1v) is 9.76. The van der Waals surface area contributed by atoms with Crippen LogP contribution >= 0.6 is 27.3 Å². The van der Waals surface area contributed by atoms with Gasteiger partial charge in [0.25, 0.3) is 5.91 Å². The van der Waals surface area contributed by atoms with E-state index in [1.165, 1.54) is 11.3 Å². The molecule has 2 aromatic carbocycles. The summed E-state index contributed by atoms with van der Waals surface area (Å²) < 4.78 is 7.85. The van der Waals surface area contributed by atoms with Crippen molar-refractivity contribution < 1.29 is 9.53 Å². The van der Waals surface area contributed by atoms with Crippen LogP contribution in [-0.4, -0.2) is 32.3 Å². The molecule has 0 fully saturated rings. The number of anilines is 1. The highest BCUT2D eigenvalue weighted by Gasteiger charge is 2.12. The van der Waals surface area contributed by atoms with E-state index in [-0.39, 0.29) is 5.91 Å². The fourth-order valence-electron chi connectivity index (χ4n) is 2.52. The van der Waals surface area contributed by atoms with Gasteiger partial charge in [-0.15, -0.1) is 10.2 Å². The number of rotatable bonds is 5. The molecule has 1 amide bonds. The van der Waals surface area contributed by atoms with Crippen LogP contribution in [0.5, 0.6) is 5.75 Å². The van der Waals surface area contributed by atoms with Crippen molar-refractivity contribution in [2.45, 2.75) is 6.92 Å². The Labute approximate surface area is 167 Å². The number of benzene rings is 2. The van der Waals surface area contributed by atoms with Crippen molar-refractivity contribution in [3.8, 4) is 16.3 Å². The molecule has 136 valence electrons. The molecule has 4 aromatic rings. The maximum atomic E-state index is 12.6. The van der Waals surface area contributed by atoms with Crippen LogP contribution in [0.3, 0.4) is 0 Å². The predicted molar refractivity (Wildman–Crippen MR) is 107 cm³/mol. The first-order chi connectivity index (χ1) is 13.1. The van der Waals surface area contributed by atoms with Gasteiger partial charge in [-0.25, -0.2) is 0 Å². The van der Waals surface area contributed by atoms with Crippen LogP contribution < -0.4 is 10.1 Å². The Balaban J connectivity index is 1.55. The third-order valence-electron chi connectivity index (χ3n) is 3.75. The molecular formula is C18H14BrN5O2S. The second kappa shape index (κ2) is 7.45. The van der Waals surface area contributed by atoms with E-state index in [4.69, 9.17) is 4.74 Å². The molecule has 27 heavy (non-hydrogen) atoms. The molecule has 0 aliphatic carbocycles. The van der Waals surface area contributed by atoms with Gasteiger partial charge in [-0.05, 0) is 53.2 Å². The molecule has 0 unspecified atom stereocenters. The summed E-state index contributed by atoms with van der Waals surface area (Å²) in [6.07, 6.45) is 1.56. The number of aromatic nitrogens is 4. The molecule has 0 saturated heterocycles. The number of fused-ring (bicyclic) bond motifs is 1. The van der Waals surface area contributed by atoms with E-state index in [1.54, 1.807) is 29.0 Å². The van der Waals surface area contributed by atoms with Crippen LogP contribution in [-0.2, 0) is 0 Å². The summed E-state index contributed by atoms with van der Waals surface area (Å²) in [4.78, 5) is 13.3. The molecule has 0 aliphatic heterocycles. The second-order valence-corrected chi connectivity index (χ2v) is 7.39. The number of halogens is 1. The number of amides is 1. The first kappa shape index (κ1) is 17.6. The Morgan fingerprint density at radius 2 is 2.19 bits per heavy atom. The molecule has 9 heteroatoms. The van der Waals surface area contributed by atoms with Crippen molar-refractivity contribution in [1.82, 2.24) is 19.8 Å². The molecule has 2 heterocycles. The second-order valence-electron chi connectivity index (χ2n) is 5.58. The van der Waals surface area contributed by atoms with Gasteiger partial charge in [0.2, 0.25) is 4.96 Å². The van der Waals surface area contributed by atoms with Gasteiger partial charge in [-0.3, -0.25) is 4.79 Å². The monoisotopic (exact) mass is 443 g/mol. The fraction of sp³-hybridized carbons (Fsp3) is 0.111. The van der Waals surface area contributed by atoms with Gasteiger partial charge < -0.3 is 10.1 Å². The number of hydrogen-bond acceptors (Lipinski definition) is 6. The zero-order chi connectivity index (χ0) is 18.8. The largest absolute Gasteiger partial charge is 0.493 e. The Kier molecular flexibility index (Phi) is 4.87. The van der Waals surface area contributed by atoms with Crippen LogP contribution in [0.4, 0.5) is 5.69 Å². The highest BCUT2D eigenvalue weighted by molar-refractivity contribution is 9.10. The zero-order valence-corrected chi connectivity index (χ0v) is 16.6. The Morgan fingerprint density at radius 1 is 1.30 bits per heavy atom. The summed E-state index contributed by atoms with van der Waals surface area (Å²) >= 11 is 4.87. The zero-order valence-electron chi connectivity index (χ0n) is 14.2. The standard InChI is InChI=1S/C18H14BrN5O2S/c1-2-26-15-7-6-11(9-14(15)19)16(25)21-13-5-3-4-12(8-13)17-23-24-10-20-22-18(24)27-17/h3-10H,2H2,1H3,(H,21,25). The molecular weight excluding hydrogens is 430 g/mol. The Morgan fingerprint density at radius 3 is 2.96 bits per heavy atom. The summed E-state index contributed by atoms with van der Waals surface area (Å²) in [5.74, 6) is 0.508. The summed E-state index contributed by atoms with van der Waals surface area (Å²) in [5.41, 5.74) is 2.12. The van der Waals surface area contributed by atoms with E-state index in [0.717, 1.165) is 20.0 Å². The van der Waals surface area contributed by atoms with Gasteiger partial charge in [0.05, 0.1) is 11.1 Å². The summed E-state index contributed by atoms with van der Waals surface area (Å²) in [6, 6.07) is 12.8. The maximum Gasteiger partial charge on any atom is 0.255 e. The van der Waals surface area contributed by atoms with Crippen molar-refractivity contribution in [1.29, 1.82) is 0 Å². The number of nitrogens with one attached hydrogen (secondary N) is 1. The normalized spacial score (nSPS) is 10.9. The summed E-state index contributed by atoms with van der Waals surface area (Å²) in [7, 11) is 0. The lowest BCUT2D eigenvalue weighted by Crippen LogP contribution is -2.12. The molecule has 0 spiro atoms. The average molecular weight is 444 g/mol. The molecule has 0 aliphatic rings. The topological polar surface area (TPSA) is 81.4 Å². The number of nitrogens with zero attached hydrogens (tertiary/aromatic N) is 4. The van der Waals surface area contributed by atoms with Crippen molar-refractivity contribution >= 4 is 43.8 Å². The minimum absolute atomic E-state index is 0.200. The van der Waals surface area contributed by atoms with E-state index < -0.39 is 0 Å². The third kappa shape index (κ3) is 3.69. The minimum Gasteiger partial charge on any atom is -0.493 e. The number of ether oxygens (including phenoxy) is 1. The number of hydrogen-bond donors (Lipinski definition) is 1. The van der Waals surface area contributed by atoms with Crippen molar-refractivity contribution in [3.05, 3.63) is 58.8 Å². The Bertz CT molecular complexity index is 1100. The van der Waals surface area contributed by atoms with E-state index >= 15 is 0 Å². The van der Waals surface area contributed by atoms with Crippen LogP contribution in [0.2, 0.25) is 0 Å². The van der Waals surface area contributed by atoms with Gasteiger partial charge in [-0.1, -0.05) is 23.5 Å². The Hall–Kier alpha value is -2.78. The summed E-state index contributed by atoms with van der Waals surface area (Å²) in [5, 5.41) is 15.9. The molecule has 0 bridgehead atoms.